The molecule has 4 nitrogen and oxygen atoms in total. The Morgan fingerprint density at radius 3 is 2.62 bits per heavy atom. The molecule has 0 radical (unpaired) electrons. The van der Waals surface area contributed by atoms with Gasteiger partial charge in [0.05, 0.1) is 10.6 Å². The van der Waals surface area contributed by atoms with Crippen molar-refractivity contribution in [3.8, 4) is 0 Å². The number of benzene rings is 1. The molecule has 1 amide bonds. The highest BCUT2D eigenvalue weighted by atomic mass is 35.5. The summed E-state index contributed by atoms with van der Waals surface area (Å²) in [6.07, 6.45) is 1.21. The van der Waals surface area contributed by atoms with E-state index in [1.807, 2.05) is 4.90 Å². The number of amides is 1. The van der Waals surface area contributed by atoms with Gasteiger partial charge in [0.15, 0.2) is 0 Å². The lowest BCUT2D eigenvalue weighted by atomic mass is 9.89. The fourth-order valence-electron chi connectivity index (χ4n) is 3.49. The topological polar surface area (TPSA) is 35.6 Å². The lowest BCUT2D eigenvalue weighted by molar-refractivity contribution is 0.0581. The third-order valence-corrected chi connectivity index (χ3v) is 5.20. The Hall–Kier alpha value is -0.880. The normalized spacial score (nSPS) is 24.7. The van der Waals surface area contributed by atoms with Crippen molar-refractivity contribution in [3.63, 3.8) is 0 Å². The van der Waals surface area contributed by atoms with Gasteiger partial charge in [-0.1, -0.05) is 18.5 Å². The van der Waals surface area contributed by atoms with Gasteiger partial charge in [-0.15, -0.1) is 12.4 Å². The molecule has 0 saturated carbocycles. The van der Waals surface area contributed by atoms with E-state index in [4.69, 9.17) is 11.6 Å². The summed E-state index contributed by atoms with van der Waals surface area (Å²) in [6, 6.07) is 3.94. The van der Waals surface area contributed by atoms with Crippen LogP contribution in [0.4, 0.5) is 4.39 Å². The molecule has 1 aromatic carbocycles. The smallest absolute Gasteiger partial charge is 0.255 e. The standard InChI is InChI=1S/C17H23ClFN3O.ClH/c1-17(4-5-20-11-17)12-21-6-8-22(9-7-21)16(23)14-3-2-13(19)10-15(14)18;/h2-3,10,20H,4-9,11-12H2,1H3;1H. The average molecular weight is 376 g/mol. The number of halogens is 3. The number of carbonyl (C=O) groups is 1. The summed E-state index contributed by atoms with van der Waals surface area (Å²) >= 11 is 6.00. The Labute approximate surface area is 153 Å². The van der Waals surface area contributed by atoms with Crippen molar-refractivity contribution < 1.29 is 9.18 Å². The SMILES string of the molecule is CC1(CN2CCN(C(=O)c3ccc(F)cc3Cl)CC2)CCNC1.Cl. The fraction of sp³-hybridized carbons (Fsp3) is 0.588. The quantitative estimate of drug-likeness (QED) is 0.881. The van der Waals surface area contributed by atoms with Gasteiger partial charge >= 0.3 is 0 Å². The van der Waals surface area contributed by atoms with E-state index in [1.165, 1.54) is 24.6 Å². The third kappa shape index (κ3) is 4.39. The van der Waals surface area contributed by atoms with Gasteiger partial charge < -0.3 is 10.2 Å². The zero-order valence-electron chi connectivity index (χ0n) is 13.9. The van der Waals surface area contributed by atoms with Crippen LogP contribution in [0.25, 0.3) is 0 Å². The summed E-state index contributed by atoms with van der Waals surface area (Å²) in [7, 11) is 0. The van der Waals surface area contributed by atoms with E-state index < -0.39 is 5.82 Å². The van der Waals surface area contributed by atoms with E-state index in [9.17, 15) is 9.18 Å². The monoisotopic (exact) mass is 375 g/mol. The summed E-state index contributed by atoms with van der Waals surface area (Å²) in [5, 5.41) is 3.61. The maximum Gasteiger partial charge on any atom is 0.255 e. The largest absolute Gasteiger partial charge is 0.336 e. The minimum Gasteiger partial charge on any atom is -0.336 e. The van der Waals surface area contributed by atoms with Crippen molar-refractivity contribution in [3.05, 3.63) is 34.6 Å². The summed E-state index contributed by atoms with van der Waals surface area (Å²) in [5.41, 5.74) is 0.723. The van der Waals surface area contributed by atoms with E-state index in [0.29, 0.717) is 24.1 Å². The Bertz CT molecular complexity index is 585. The molecule has 2 heterocycles. The van der Waals surface area contributed by atoms with E-state index in [-0.39, 0.29) is 23.3 Å². The van der Waals surface area contributed by atoms with Crippen LogP contribution in [-0.2, 0) is 0 Å². The van der Waals surface area contributed by atoms with Crippen LogP contribution in [0.2, 0.25) is 5.02 Å². The molecule has 1 atom stereocenters. The van der Waals surface area contributed by atoms with Crippen molar-refractivity contribution in [1.29, 1.82) is 0 Å². The number of rotatable bonds is 3. The first kappa shape index (κ1) is 19.4. The maximum absolute atomic E-state index is 13.1. The first-order valence-electron chi connectivity index (χ1n) is 8.14. The second-order valence-electron chi connectivity index (χ2n) is 6.93. The Balaban J connectivity index is 0.00000208. The Morgan fingerprint density at radius 2 is 2.04 bits per heavy atom. The number of nitrogens with one attached hydrogen (secondary N) is 1. The molecular weight excluding hydrogens is 352 g/mol. The van der Waals surface area contributed by atoms with Crippen molar-refractivity contribution in [2.45, 2.75) is 13.3 Å². The molecule has 134 valence electrons. The van der Waals surface area contributed by atoms with Crippen LogP contribution in [0.1, 0.15) is 23.7 Å². The third-order valence-electron chi connectivity index (χ3n) is 4.88. The first-order chi connectivity index (χ1) is 11.0. The molecule has 24 heavy (non-hydrogen) atoms. The van der Waals surface area contributed by atoms with Crippen LogP contribution in [-0.4, -0.2) is 61.5 Å². The number of hydrogen-bond donors (Lipinski definition) is 1. The molecule has 1 unspecified atom stereocenters. The van der Waals surface area contributed by atoms with Crippen molar-refractivity contribution in [2.24, 2.45) is 5.41 Å². The predicted molar refractivity (Wildman–Crippen MR) is 96.6 cm³/mol. The van der Waals surface area contributed by atoms with E-state index in [1.54, 1.807) is 0 Å². The van der Waals surface area contributed by atoms with Gasteiger partial charge in [0.2, 0.25) is 0 Å². The number of piperazine rings is 1. The molecule has 1 N–H and O–H groups in total. The van der Waals surface area contributed by atoms with Gasteiger partial charge in [-0.25, -0.2) is 4.39 Å². The molecule has 7 heteroatoms. The molecule has 2 aliphatic rings. The summed E-state index contributed by atoms with van der Waals surface area (Å²) in [6.45, 7) is 8.68. The number of nitrogens with zero attached hydrogens (tertiary/aromatic N) is 2. The van der Waals surface area contributed by atoms with Crippen molar-refractivity contribution >= 4 is 29.9 Å². The van der Waals surface area contributed by atoms with Crippen LogP contribution in [0.3, 0.4) is 0 Å². The van der Waals surface area contributed by atoms with Gasteiger partial charge in [-0.05, 0) is 36.6 Å². The molecule has 2 aliphatic heterocycles. The molecule has 0 aliphatic carbocycles. The van der Waals surface area contributed by atoms with Crippen LogP contribution >= 0.6 is 24.0 Å². The van der Waals surface area contributed by atoms with Crippen LogP contribution in [0, 0.1) is 11.2 Å². The predicted octanol–water partition coefficient (Wildman–Crippen LogP) is 2.66. The van der Waals surface area contributed by atoms with Gasteiger partial charge in [0.1, 0.15) is 5.82 Å². The lowest BCUT2D eigenvalue weighted by Crippen LogP contribution is -2.51. The highest BCUT2D eigenvalue weighted by Gasteiger charge is 2.32. The molecule has 0 spiro atoms. The molecule has 2 saturated heterocycles. The lowest BCUT2D eigenvalue weighted by Gasteiger charge is -2.38. The van der Waals surface area contributed by atoms with Crippen LogP contribution < -0.4 is 5.32 Å². The van der Waals surface area contributed by atoms with Gasteiger partial charge in [0, 0.05) is 39.3 Å². The molecule has 3 rings (SSSR count). The fourth-order valence-corrected chi connectivity index (χ4v) is 3.73. The van der Waals surface area contributed by atoms with Gasteiger partial charge in [-0.3, -0.25) is 9.69 Å². The summed E-state index contributed by atoms with van der Waals surface area (Å²) < 4.78 is 13.1. The number of hydrogen-bond acceptors (Lipinski definition) is 3. The molecular formula is C17H24Cl2FN3O. The van der Waals surface area contributed by atoms with Crippen molar-refractivity contribution in [1.82, 2.24) is 15.1 Å². The Kier molecular flexibility index (Phi) is 6.48. The summed E-state index contributed by atoms with van der Waals surface area (Å²) in [4.78, 5) is 16.8. The van der Waals surface area contributed by atoms with Crippen LogP contribution in [0.15, 0.2) is 18.2 Å². The van der Waals surface area contributed by atoms with E-state index in [2.05, 4.69) is 17.1 Å². The van der Waals surface area contributed by atoms with E-state index >= 15 is 0 Å². The molecule has 2 fully saturated rings. The second-order valence-corrected chi connectivity index (χ2v) is 7.34. The summed E-state index contributed by atoms with van der Waals surface area (Å²) in [5.74, 6) is -0.529. The zero-order chi connectivity index (χ0) is 16.4. The van der Waals surface area contributed by atoms with Crippen molar-refractivity contribution in [2.75, 3.05) is 45.8 Å². The van der Waals surface area contributed by atoms with E-state index in [0.717, 1.165) is 32.7 Å². The molecule has 0 aromatic heterocycles. The van der Waals surface area contributed by atoms with Gasteiger partial charge in [0.25, 0.3) is 5.91 Å². The maximum atomic E-state index is 13.1. The molecule has 1 aromatic rings. The minimum atomic E-state index is -0.421. The highest BCUT2D eigenvalue weighted by Crippen LogP contribution is 2.26. The number of carbonyl (C=O) groups excluding carboxylic acids is 1. The zero-order valence-corrected chi connectivity index (χ0v) is 15.4. The highest BCUT2D eigenvalue weighted by molar-refractivity contribution is 6.33. The second kappa shape index (κ2) is 8.00. The average Bonchev–Trinajstić information content (AvgIpc) is 2.94. The van der Waals surface area contributed by atoms with Gasteiger partial charge in [-0.2, -0.15) is 0 Å². The molecule has 0 bridgehead atoms. The minimum absolute atomic E-state index is 0. The first-order valence-corrected chi connectivity index (χ1v) is 8.52. The van der Waals surface area contributed by atoms with Crippen LogP contribution in [0.5, 0.6) is 0 Å². The Morgan fingerprint density at radius 1 is 1.33 bits per heavy atom.